The Morgan fingerprint density at radius 2 is 1.66 bits per heavy atom. The first-order valence-electron chi connectivity index (χ1n) is 8.54. The van der Waals surface area contributed by atoms with E-state index in [4.69, 9.17) is 4.74 Å². The van der Waals surface area contributed by atoms with Crippen LogP contribution < -0.4 is 5.32 Å². The molecule has 0 aliphatic rings. The maximum absolute atomic E-state index is 12.2. The molecule has 150 valence electrons. The molecule has 29 heavy (non-hydrogen) atoms. The summed E-state index contributed by atoms with van der Waals surface area (Å²) >= 11 is 1.50. The number of methoxy groups -OCH3 is 2. The number of fused-ring (bicyclic) bond motifs is 1. The van der Waals surface area contributed by atoms with E-state index in [0.717, 1.165) is 15.2 Å². The molecule has 1 heterocycles. The number of nitrogens with zero attached hydrogens (tertiary/aromatic N) is 1. The largest absolute Gasteiger partial charge is 0.465 e. The van der Waals surface area contributed by atoms with E-state index in [2.05, 4.69) is 19.8 Å². The smallest absolute Gasteiger partial charge is 0.337 e. The van der Waals surface area contributed by atoms with Gasteiger partial charge >= 0.3 is 11.9 Å². The van der Waals surface area contributed by atoms with Gasteiger partial charge in [-0.3, -0.25) is 4.79 Å². The summed E-state index contributed by atoms with van der Waals surface area (Å²) in [5.41, 5.74) is 1.36. The lowest BCUT2D eigenvalue weighted by molar-refractivity contribution is -0.121. The van der Waals surface area contributed by atoms with Crippen molar-refractivity contribution in [3.63, 3.8) is 0 Å². The minimum Gasteiger partial charge on any atom is -0.465 e. The number of ether oxygens (including phenoxy) is 3. The lowest BCUT2D eigenvalue weighted by Crippen LogP contribution is -2.19. The molecule has 9 heteroatoms. The number of para-hydroxylation sites is 1. The zero-order valence-corrected chi connectivity index (χ0v) is 16.6. The second-order valence-electron chi connectivity index (χ2n) is 5.90. The van der Waals surface area contributed by atoms with Crippen molar-refractivity contribution in [3.05, 3.63) is 58.6 Å². The first-order valence-corrected chi connectivity index (χ1v) is 9.35. The number of nitrogens with one attached hydrogen (secondary N) is 1. The van der Waals surface area contributed by atoms with Crippen LogP contribution in [0.15, 0.2) is 42.5 Å². The Hall–Kier alpha value is -3.30. The molecule has 0 radical (unpaired) electrons. The SMILES string of the molecule is COC(=O)c1cc(NC(=O)COCc2nc3ccccc3s2)cc(C(=O)OC)c1. The zero-order chi connectivity index (χ0) is 20.8. The maximum Gasteiger partial charge on any atom is 0.337 e. The summed E-state index contributed by atoms with van der Waals surface area (Å²) in [6.45, 7) is -0.0195. The van der Waals surface area contributed by atoms with Crippen LogP contribution in [0.5, 0.6) is 0 Å². The molecule has 0 saturated heterocycles. The molecule has 1 aromatic heterocycles. The van der Waals surface area contributed by atoms with Crippen LogP contribution in [0.4, 0.5) is 5.69 Å². The molecule has 0 unspecified atom stereocenters. The van der Waals surface area contributed by atoms with Gasteiger partial charge in [0.15, 0.2) is 0 Å². The number of carbonyl (C=O) groups is 3. The van der Waals surface area contributed by atoms with E-state index in [1.807, 2.05) is 24.3 Å². The van der Waals surface area contributed by atoms with Crippen molar-refractivity contribution in [1.82, 2.24) is 4.98 Å². The maximum atomic E-state index is 12.2. The number of rotatable bonds is 7. The van der Waals surface area contributed by atoms with E-state index >= 15 is 0 Å². The Morgan fingerprint density at radius 1 is 1.00 bits per heavy atom. The van der Waals surface area contributed by atoms with E-state index in [1.54, 1.807) is 0 Å². The molecule has 0 aliphatic heterocycles. The summed E-state index contributed by atoms with van der Waals surface area (Å²) in [6, 6.07) is 11.9. The molecule has 0 fully saturated rings. The minimum absolute atomic E-state index is 0.112. The van der Waals surface area contributed by atoms with Crippen molar-refractivity contribution < 1.29 is 28.6 Å². The van der Waals surface area contributed by atoms with E-state index in [0.29, 0.717) is 0 Å². The average molecular weight is 414 g/mol. The summed E-state index contributed by atoms with van der Waals surface area (Å²) in [6.07, 6.45) is 0. The van der Waals surface area contributed by atoms with Gasteiger partial charge in [0, 0.05) is 5.69 Å². The van der Waals surface area contributed by atoms with Crippen LogP contribution in [0.1, 0.15) is 25.7 Å². The molecule has 0 atom stereocenters. The summed E-state index contributed by atoms with van der Waals surface area (Å²) in [4.78, 5) is 40.2. The molecule has 0 aliphatic carbocycles. The molecule has 0 saturated carbocycles. The number of aromatic nitrogens is 1. The highest BCUT2D eigenvalue weighted by Gasteiger charge is 2.15. The Kier molecular flexibility index (Phi) is 6.53. The Balaban J connectivity index is 1.63. The van der Waals surface area contributed by atoms with Gasteiger partial charge in [0.1, 0.15) is 11.6 Å². The fraction of sp³-hybridized carbons (Fsp3) is 0.200. The predicted molar refractivity (Wildman–Crippen MR) is 107 cm³/mol. The van der Waals surface area contributed by atoms with Gasteiger partial charge in [0.2, 0.25) is 5.91 Å². The standard InChI is InChI=1S/C20H18N2O6S/c1-26-19(24)12-7-13(20(25)27-2)9-14(8-12)21-17(23)10-28-11-18-22-15-5-3-4-6-16(15)29-18/h3-9H,10-11H2,1-2H3,(H,21,23). The van der Waals surface area contributed by atoms with Gasteiger partial charge in [-0.15, -0.1) is 11.3 Å². The summed E-state index contributed by atoms with van der Waals surface area (Å²) in [5.74, 6) is -1.72. The predicted octanol–water partition coefficient (Wildman–Crippen LogP) is 3.02. The summed E-state index contributed by atoms with van der Waals surface area (Å²) in [7, 11) is 2.45. The summed E-state index contributed by atoms with van der Waals surface area (Å²) < 4.78 is 15.8. The Labute approximate surface area is 170 Å². The number of esters is 2. The number of amides is 1. The number of hydrogen-bond donors (Lipinski definition) is 1. The minimum atomic E-state index is -0.640. The van der Waals surface area contributed by atoms with Crippen LogP contribution in [-0.4, -0.2) is 43.7 Å². The van der Waals surface area contributed by atoms with Crippen LogP contribution in [0, 0.1) is 0 Å². The van der Waals surface area contributed by atoms with Gasteiger partial charge in [-0.05, 0) is 30.3 Å². The molecular formula is C20H18N2O6S. The third-order valence-electron chi connectivity index (χ3n) is 3.86. The molecule has 8 nitrogen and oxygen atoms in total. The average Bonchev–Trinajstić information content (AvgIpc) is 3.15. The molecule has 3 aromatic rings. The highest BCUT2D eigenvalue weighted by atomic mass is 32.1. The van der Waals surface area contributed by atoms with Crippen molar-refractivity contribution in [2.45, 2.75) is 6.61 Å². The molecule has 2 aromatic carbocycles. The first-order chi connectivity index (χ1) is 14.0. The second kappa shape index (κ2) is 9.26. The van der Waals surface area contributed by atoms with Crippen molar-refractivity contribution in [1.29, 1.82) is 0 Å². The quantitative estimate of drug-likeness (QED) is 0.593. The fourth-order valence-electron chi connectivity index (χ4n) is 2.58. The van der Waals surface area contributed by atoms with Crippen molar-refractivity contribution in [3.8, 4) is 0 Å². The van der Waals surface area contributed by atoms with Crippen molar-refractivity contribution in [2.75, 3.05) is 26.1 Å². The molecule has 0 bridgehead atoms. The number of hydrogen-bond acceptors (Lipinski definition) is 8. The van der Waals surface area contributed by atoms with Gasteiger partial charge in [-0.2, -0.15) is 0 Å². The first kappa shape index (κ1) is 20.4. The van der Waals surface area contributed by atoms with Crippen molar-refractivity contribution in [2.24, 2.45) is 0 Å². The molecule has 0 spiro atoms. The highest BCUT2D eigenvalue weighted by molar-refractivity contribution is 7.18. The number of thiazole rings is 1. The van der Waals surface area contributed by atoms with E-state index < -0.39 is 17.8 Å². The second-order valence-corrected chi connectivity index (χ2v) is 7.01. The van der Waals surface area contributed by atoms with Crippen LogP contribution in [0.3, 0.4) is 0 Å². The molecular weight excluding hydrogens is 396 g/mol. The van der Waals surface area contributed by atoms with E-state index in [1.165, 1.54) is 43.8 Å². The third kappa shape index (κ3) is 5.15. The highest BCUT2D eigenvalue weighted by Crippen LogP contribution is 2.22. The van der Waals surface area contributed by atoms with Gasteiger partial charge in [-0.25, -0.2) is 14.6 Å². The zero-order valence-electron chi connectivity index (χ0n) is 15.8. The van der Waals surface area contributed by atoms with E-state index in [9.17, 15) is 14.4 Å². The van der Waals surface area contributed by atoms with Crippen LogP contribution in [0.25, 0.3) is 10.2 Å². The Morgan fingerprint density at radius 3 is 2.28 bits per heavy atom. The lowest BCUT2D eigenvalue weighted by Gasteiger charge is -2.09. The monoisotopic (exact) mass is 414 g/mol. The molecule has 1 N–H and O–H groups in total. The van der Waals surface area contributed by atoms with Crippen LogP contribution >= 0.6 is 11.3 Å². The van der Waals surface area contributed by atoms with Gasteiger partial charge < -0.3 is 19.5 Å². The topological polar surface area (TPSA) is 104 Å². The summed E-state index contributed by atoms with van der Waals surface area (Å²) in [5, 5.41) is 3.36. The van der Waals surface area contributed by atoms with Crippen LogP contribution in [-0.2, 0) is 25.6 Å². The number of benzene rings is 2. The fourth-order valence-corrected chi connectivity index (χ4v) is 3.49. The number of anilines is 1. The normalized spacial score (nSPS) is 10.6. The lowest BCUT2D eigenvalue weighted by atomic mass is 10.1. The van der Waals surface area contributed by atoms with Crippen LogP contribution in [0.2, 0.25) is 0 Å². The Bertz CT molecular complexity index is 995. The van der Waals surface area contributed by atoms with Gasteiger partial charge in [0.05, 0.1) is 42.2 Å². The molecule has 3 rings (SSSR count). The molecule has 1 amide bonds. The van der Waals surface area contributed by atoms with E-state index in [-0.39, 0.29) is 30.0 Å². The van der Waals surface area contributed by atoms with Crippen molar-refractivity contribution >= 4 is 45.1 Å². The van der Waals surface area contributed by atoms with Gasteiger partial charge in [-0.1, -0.05) is 12.1 Å². The third-order valence-corrected chi connectivity index (χ3v) is 4.87. The van der Waals surface area contributed by atoms with Gasteiger partial charge in [0.25, 0.3) is 0 Å². The number of carbonyl (C=O) groups excluding carboxylic acids is 3.